The van der Waals surface area contributed by atoms with Gasteiger partial charge in [0.25, 0.3) is 5.91 Å². The van der Waals surface area contributed by atoms with Gasteiger partial charge in [0.05, 0.1) is 28.7 Å². The molecule has 1 atom stereocenters. The van der Waals surface area contributed by atoms with E-state index in [4.69, 9.17) is 5.26 Å². The average Bonchev–Trinajstić information content (AvgIpc) is 3.25. The SMILES string of the molecule is N#Cc1ccc(-c2c3n(c4cccnc24)CC2CCCN2C3=O)cc1. The molecule has 2 aliphatic rings. The fourth-order valence-corrected chi connectivity index (χ4v) is 4.21. The van der Waals surface area contributed by atoms with Gasteiger partial charge in [-0.25, -0.2) is 0 Å². The molecule has 5 heteroatoms. The summed E-state index contributed by atoms with van der Waals surface area (Å²) in [4.78, 5) is 19.8. The summed E-state index contributed by atoms with van der Waals surface area (Å²) in [7, 11) is 0. The van der Waals surface area contributed by atoms with Gasteiger partial charge in [-0.15, -0.1) is 0 Å². The number of carbonyl (C=O) groups is 1. The third-order valence-electron chi connectivity index (χ3n) is 5.36. The van der Waals surface area contributed by atoms with Crippen LogP contribution in [0.25, 0.3) is 22.2 Å². The number of hydrogen-bond donors (Lipinski definition) is 0. The highest BCUT2D eigenvalue weighted by Crippen LogP contribution is 2.39. The summed E-state index contributed by atoms with van der Waals surface area (Å²) in [6.07, 6.45) is 3.91. The van der Waals surface area contributed by atoms with Crippen molar-refractivity contribution in [2.45, 2.75) is 25.4 Å². The van der Waals surface area contributed by atoms with Gasteiger partial charge in [-0.1, -0.05) is 12.1 Å². The largest absolute Gasteiger partial charge is 0.333 e. The number of hydrogen-bond acceptors (Lipinski definition) is 3. The van der Waals surface area contributed by atoms with Gasteiger partial charge in [0.15, 0.2) is 0 Å². The molecule has 0 aliphatic carbocycles. The molecule has 3 aromatic rings. The van der Waals surface area contributed by atoms with Crippen LogP contribution in [-0.2, 0) is 6.54 Å². The van der Waals surface area contributed by atoms with Crippen molar-refractivity contribution in [3.8, 4) is 17.2 Å². The average molecular weight is 328 g/mol. The second-order valence-electron chi connectivity index (χ2n) is 6.69. The number of benzene rings is 1. The van der Waals surface area contributed by atoms with Crippen LogP contribution in [0.1, 0.15) is 28.9 Å². The predicted octanol–water partition coefficient (Wildman–Crippen LogP) is 3.19. The van der Waals surface area contributed by atoms with Crippen LogP contribution in [-0.4, -0.2) is 32.9 Å². The van der Waals surface area contributed by atoms with Gasteiger partial charge in [-0.2, -0.15) is 5.26 Å². The fourth-order valence-electron chi connectivity index (χ4n) is 4.21. The Hall–Kier alpha value is -3.13. The minimum absolute atomic E-state index is 0.103. The standard InChI is InChI=1S/C20H16N4O/c21-11-13-5-7-14(8-6-13)17-18-16(4-1-9-22-18)24-12-15-3-2-10-23(15)20(25)19(17)24/h1,4-9,15H,2-3,10,12H2. The minimum Gasteiger partial charge on any atom is -0.333 e. The summed E-state index contributed by atoms with van der Waals surface area (Å²) < 4.78 is 2.14. The number of rotatable bonds is 1. The Balaban J connectivity index is 1.80. The highest BCUT2D eigenvalue weighted by atomic mass is 16.2. The summed E-state index contributed by atoms with van der Waals surface area (Å²) in [6, 6.07) is 13.8. The van der Waals surface area contributed by atoms with E-state index >= 15 is 0 Å². The molecule has 5 nitrogen and oxygen atoms in total. The lowest BCUT2D eigenvalue weighted by Crippen LogP contribution is -2.44. The second kappa shape index (κ2) is 5.18. The molecule has 5 rings (SSSR count). The molecular formula is C20H16N4O. The number of amides is 1. The van der Waals surface area contributed by atoms with Crippen LogP contribution in [0, 0.1) is 11.3 Å². The van der Waals surface area contributed by atoms with Crippen molar-refractivity contribution >= 4 is 16.9 Å². The van der Waals surface area contributed by atoms with Gasteiger partial charge < -0.3 is 9.47 Å². The van der Waals surface area contributed by atoms with Crippen molar-refractivity contribution in [1.82, 2.24) is 14.5 Å². The monoisotopic (exact) mass is 328 g/mol. The maximum absolute atomic E-state index is 13.2. The minimum atomic E-state index is 0.103. The van der Waals surface area contributed by atoms with E-state index in [-0.39, 0.29) is 5.91 Å². The molecule has 1 unspecified atom stereocenters. The topological polar surface area (TPSA) is 61.9 Å². The number of nitriles is 1. The van der Waals surface area contributed by atoms with Gasteiger partial charge in [0.1, 0.15) is 5.69 Å². The van der Waals surface area contributed by atoms with Gasteiger partial charge in [0, 0.05) is 24.8 Å². The molecule has 4 heterocycles. The maximum Gasteiger partial charge on any atom is 0.271 e. The van der Waals surface area contributed by atoms with E-state index in [1.807, 2.05) is 29.2 Å². The van der Waals surface area contributed by atoms with Crippen molar-refractivity contribution in [3.05, 3.63) is 53.9 Å². The quantitative estimate of drug-likeness (QED) is 0.689. The van der Waals surface area contributed by atoms with E-state index in [1.165, 1.54) is 0 Å². The van der Waals surface area contributed by atoms with E-state index < -0.39 is 0 Å². The number of aromatic nitrogens is 2. The Labute approximate surface area is 145 Å². The van der Waals surface area contributed by atoms with Crippen LogP contribution in [0.4, 0.5) is 0 Å². The van der Waals surface area contributed by atoms with Crippen LogP contribution < -0.4 is 0 Å². The molecule has 25 heavy (non-hydrogen) atoms. The van der Waals surface area contributed by atoms with E-state index in [0.717, 1.165) is 53.8 Å². The molecule has 122 valence electrons. The van der Waals surface area contributed by atoms with Crippen molar-refractivity contribution in [2.24, 2.45) is 0 Å². The van der Waals surface area contributed by atoms with Crippen molar-refractivity contribution in [2.75, 3.05) is 6.54 Å². The molecule has 0 saturated carbocycles. The highest BCUT2D eigenvalue weighted by molar-refractivity contribution is 6.09. The van der Waals surface area contributed by atoms with Gasteiger partial charge in [-0.05, 0) is 42.7 Å². The molecule has 0 spiro atoms. The first kappa shape index (κ1) is 14.2. The Morgan fingerprint density at radius 3 is 2.84 bits per heavy atom. The highest BCUT2D eigenvalue weighted by Gasteiger charge is 2.39. The Bertz CT molecular complexity index is 1040. The molecule has 0 bridgehead atoms. The smallest absolute Gasteiger partial charge is 0.271 e. The van der Waals surface area contributed by atoms with E-state index in [9.17, 15) is 4.79 Å². The van der Waals surface area contributed by atoms with Gasteiger partial charge >= 0.3 is 0 Å². The molecule has 0 radical (unpaired) electrons. The zero-order chi connectivity index (χ0) is 17.0. The lowest BCUT2D eigenvalue weighted by atomic mass is 10.0. The third-order valence-corrected chi connectivity index (χ3v) is 5.36. The fraction of sp³-hybridized carbons (Fsp3) is 0.250. The van der Waals surface area contributed by atoms with E-state index in [1.54, 1.807) is 18.3 Å². The van der Waals surface area contributed by atoms with Crippen LogP contribution in [0.15, 0.2) is 42.6 Å². The zero-order valence-electron chi connectivity index (χ0n) is 13.6. The third kappa shape index (κ3) is 1.94. The lowest BCUT2D eigenvalue weighted by Gasteiger charge is -2.32. The second-order valence-corrected chi connectivity index (χ2v) is 6.69. The summed E-state index contributed by atoms with van der Waals surface area (Å²) in [5.41, 5.74) is 5.03. The van der Waals surface area contributed by atoms with Crippen molar-refractivity contribution < 1.29 is 4.79 Å². The van der Waals surface area contributed by atoms with Crippen LogP contribution in [0.2, 0.25) is 0 Å². The first-order valence-corrected chi connectivity index (χ1v) is 8.56. The zero-order valence-corrected chi connectivity index (χ0v) is 13.6. The molecule has 2 aromatic heterocycles. The molecule has 1 aromatic carbocycles. The molecule has 2 aliphatic heterocycles. The van der Waals surface area contributed by atoms with Crippen LogP contribution >= 0.6 is 0 Å². The number of carbonyl (C=O) groups excluding carboxylic acids is 1. The molecule has 1 saturated heterocycles. The molecular weight excluding hydrogens is 312 g/mol. The summed E-state index contributed by atoms with van der Waals surface area (Å²) in [6.45, 7) is 1.67. The number of nitrogens with zero attached hydrogens (tertiary/aromatic N) is 4. The Morgan fingerprint density at radius 2 is 2.04 bits per heavy atom. The number of pyridine rings is 1. The van der Waals surface area contributed by atoms with Crippen molar-refractivity contribution in [3.63, 3.8) is 0 Å². The summed E-state index contributed by atoms with van der Waals surface area (Å²) >= 11 is 0. The van der Waals surface area contributed by atoms with E-state index in [2.05, 4.69) is 15.6 Å². The van der Waals surface area contributed by atoms with Crippen LogP contribution in [0.5, 0.6) is 0 Å². The lowest BCUT2D eigenvalue weighted by molar-refractivity contribution is 0.0673. The summed E-state index contributed by atoms with van der Waals surface area (Å²) in [5, 5.41) is 9.04. The normalized spacial score (nSPS) is 18.9. The van der Waals surface area contributed by atoms with Gasteiger partial charge in [0.2, 0.25) is 0 Å². The van der Waals surface area contributed by atoms with E-state index in [0.29, 0.717) is 11.6 Å². The predicted molar refractivity (Wildman–Crippen MR) is 93.9 cm³/mol. The van der Waals surface area contributed by atoms with Crippen LogP contribution in [0.3, 0.4) is 0 Å². The number of fused-ring (bicyclic) bond motifs is 4. The Morgan fingerprint density at radius 1 is 1.20 bits per heavy atom. The Kier molecular flexibility index (Phi) is 2.95. The molecule has 1 fully saturated rings. The van der Waals surface area contributed by atoms with Crippen molar-refractivity contribution in [1.29, 1.82) is 5.26 Å². The maximum atomic E-state index is 13.2. The van der Waals surface area contributed by atoms with Gasteiger partial charge in [-0.3, -0.25) is 9.78 Å². The first-order chi connectivity index (χ1) is 12.3. The molecule has 1 amide bonds. The first-order valence-electron chi connectivity index (χ1n) is 8.56. The summed E-state index contributed by atoms with van der Waals surface area (Å²) in [5.74, 6) is 0.103. The molecule has 0 N–H and O–H groups in total.